The van der Waals surface area contributed by atoms with Gasteiger partial charge in [-0.15, -0.1) is 42.8 Å². The second kappa shape index (κ2) is 15.7. The molecule has 2 aliphatic carbocycles. The topological polar surface area (TPSA) is 0 Å². The standard InChI is InChI=1S/C14H15.3C7H7.Ti/c1-10-11-6-2-4-8-13(11)14-9-5-3-7-12(10)14;3*1-7-5-3-2-4-6-7;/h2,4,6-8,10H,3,5,9H2,1H3;3*2-6H,1H2;/q4*-1;+4. The third kappa shape index (κ3) is 9.12. The first-order valence-corrected chi connectivity index (χ1v) is 12.3. The second-order valence-corrected chi connectivity index (χ2v) is 8.80. The van der Waals surface area contributed by atoms with Gasteiger partial charge in [0.2, 0.25) is 0 Å². The van der Waals surface area contributed by atoms with Crippen molar-refractivity contribution in [3.63, 3.8) is 0 Å². The summed E-state index contributed by atoms with van der Waals surface area (Å²) in [5.41, 5.74) is 9.51. The van der Waals surface area contributed by atoms with Crippen molar-refractivity contribution in [1.29, 1.82) is 0 Å². The van der Waals surface area contributed by atoms with Gasteiger partial charge in [0.1, 0.15) is 0 Å². The molecule has 0 amide bonds. The Kier molecular flexibility index (Phi) is 12.7. The van der Waals surface area contributed by atoms with E-state index in [2.05, 4.69) is 58.4 Å². The Morgan fingerprint density at radius 3 is 1.44 bits per heavy atom. The van der Waals surface area contributed by atoms with Crippen LogP contribution in [0.1, 0.15) is 59.9 Å². The van der Waals surface area contributed by atoms with Gasteiger partial charge in [-0.3, -0.25) is 0 Å². The molecule has 0 nitrogen and oxygen atoms in total. The minimum atomic E-state index is 0. The van der Waals surface area contributed by atoms with Gasteiger partial charge in [0, 0.05) is 0 Å². The molecule has 4 aromatic rings. The fraction of sp³-hybridized carbons (Fsp3) is 0.143. The summed E-state index contributed by atoms with van der Waals surface area (Å²) in [6.45, 7) is 13.5. The third-order valence-corrected chi connectivity index (χ3v) is 6.09. The molecule has 4 aromatic carbocycles. The predicted octanol–water partition coefficient (Wildman–Crippen LogP) is 9.55. The Hall–Kier alpha value is -3.19. The summed E-state index contributed by atoms with van der Waals surface area (Å²) >= 11 is 0. The summed E-state index contributed by atoms with van der Waals surface area (Å²) in [6, 6.07) is 38.5. The average molecular weight is 505 g/mol. The molecule has 36 heavy (non-hydrogen) atoms. The van der Waals surface area contributed by atoms with Crippen LogP contribution in [-0.4, -0.2) is 0 Å². The van der Waals surface area contributed by atoms with Crippen LogP contribution in [0.2, 0.25) is 0 Å². The van der Waals surface area contributed by atoms with Gasteiger partial charge >= 0.3 is 21.7 Å². The molecule has 0 radical (unpaired) electrons. The molecule has 1 heteroatoms. The van der Waals surface area contributed by atoms with E-state index in [1.54, 1.807) is 11.1 Å². The predicted molar refractivity (Wildman–Crippen MR) is 153 cm³/mol. The maximum atomic E-state index is 3.72. The first-order chi connectivity index (χ1) is 17.1. The summed E-state index contributed by atoms with van der Waals surface area (Å²) in [7, 11) is 0. The molecule has 6 rings (SSSR count). The second-order valence-electron chi connectivity index (χ2n) is 8.80. The van der Waals surface area contributed by atoms with Crippen molar-refractivity contribution in [3.05, 3.63) is 176 Å². The number of benzene rings is 4. The van der Waals surface area contributed by atoms with E-state index >= 15 is 0 Å². The van der Waals surface area contributed by atoms with Crippen molar-refractivity contribution in [3.8, 4) is 0 Å². The zero-order valence-electron chi connectivity index (χ0n) is 21.4. The molecule has 1 atom stereocenters. The molecule has 0 saturated heterocycles. The normalized spacial score (nSPS) is 14.4. The Morgan fingerprint density at radius 1 is 0.611 bits per heavy atom. The van der Waals surface area contributed by atoms with E-state index in [1.807, 2.05) is 91.0 Å². The van der Waals surface area contributed by atoms with Crippen molar-refractivity contribution in [2.45, 2.75) is 32.1 Å². The molecule has 0 aromatic heterocycles. The van der Waals surface area contributed by atoms with Crippen LogP contribution in [0.15, 0.2) is 121 Å². The van der Waals surface area contributed by atoms with E-state index in [4.69, 9.17) is 0 Å². The number of allylic oxidation sites excluding steroid dienone is 2. The number of rotatable bonds is 0. The molecule has 0 bridgehead atoms. The molecule has 0 spiro atoms. The van der Waals surface area contributed by atoms with Crippen LogP contribution in [0.25, 0.3) is 5.57 Å². The van der Waals surface area contributed by atoms with E-state index in [0.717, 1.165) is 16.7 Å². The van der Waals surface area contributed by atoms with Crippen molar-refractivity contribution in [1.82, 2.24) is 0 Å². The number of hydrogen-bond acceptors (Lipinski definition) is 0. The molecule has 0 aliphatic heterocycles. The quantitative estimate of drug-likeness (QED) is 0.165. The molecular formula is C35H36Ti. The summed E-state index contributed by atoms with van der Waals surface area (Å²) in [5.74, 6) is 0.640. The fourth-order valence-corrected chi connectivity index (χ4v) is 4.28. The maximum absolute atomic E-state index is 3.72. The van der Waals surface area contributed by atoms with Crippen LogP contribution < -0.4 is 0 Å². The van der Waals surface area contributed by atoms with Gasteiger partial charge in [-0.2, -0.15) is 79.4 Å². The van der Waals surface area contributed by atoms with E-state index in [-0.39, 0.29) is 21.7 Å². The number of hydrogen-bond donors (Lipinski definition) is 0. The Bertz CT molecular complexity index is 1070. The van der Waals surface area contributed by atoms with Crippen molar-refractivity contribution < 1.29 is 21.7 Å². The molecular weight excluding hydrogens is 468 g/mol. The van der Waals surface area contributed by atoms with Crippen LogP contribution >= 0.6 is 0 Å². The van der Waals surface area contributed by atoms with Crippen LogP contribution in [0.4, 0.5) is 0 Å². The van der Waals surface area contributed by atoms with E-state index in [0.29, 0.717) is 5.92 Å². The van der Waals surface area contributed by atoms with Gasteiger partial charge in [0.05, 0.1) is 0 Å². The van der Waals surface area contributed by atoms with Crippen LogP contribution in [0.5, 0.6) is 0 Å². The molecule has 180 valence electrons. The zero-order valence-corrected chi connectivity index (χ0v) is 22.9. The molecule has 0 N–H and O–H groups in total. The van der Waals surface area contributed by atoms with Crippen molar-refractivity contribution in [2.75, 3.05) is 0 Å². The van der Waals surface area contributed by atoms with Gasteiger partial charge in [0.15, 0.2) is 0 Å². The Morgan fingerprint density at radius 2 is 1.03 bits per heavy atom. The summed E-state index contributed by atoms with van der Waals surface area (Å²) in [5, 5.41) is 0. The Balaban J connectivity index is 0.000000179. The smallest absolute Gasteiger partial charge is 0.226 e. The largest absolute Gasteiger partial charge is 4.00 e. The summed E-state index contributed by atoms with van der Waals surface area (Å²) in [4.78, 5) is 0. The molecule has 0 saturated carbocycles. The molecule has 0 fully saturated rings. The van der Waals surface area contributed by atoms with Gasteiger partial charge in [-0.25, -0.2) is 12.0 Å². The van der Waals surface area contributed by atoms with Gasteiger partial charge in [-0.05, 0) is 5.92 Å². The summed E-state index contributed by atoms with van der Waals surface area (Å²) in [6.07, 6.45) is 6.34. The van der Waals surface area contributed by atoms with Crippen LogP contribution in [0, 0.1) is 27.2 Å². The third-order valence-electron chi connectivity index (χ3n) is 6.09. The fourth-order valence-electron chi connectivity index (χ4n) is 4.28. The van der Waals surface area contributed by atoms with Crippen LogP contribution in [-0.2, 0) is 21.7 Å². The van der Waals surface area contributed by atoms with E-state index < -0.39 is 0 Å². The van der Waals surface area contributed by atoms with Gasteiger partial charge < -0.3 is 0 Å². The zero-order chi connectivity index (χ0) is 24.9. The minimum Gasteiger partial charge on any atom is -0.226 e. The first-order valence-electron chi connectivity index (χ1n) is 12.3. The maximum Gasteiger partial charge on any atom is 4.00 e. The Labute approximate surface area is 234 Å². The number of fused-ring (bicyclic) bond motifs is 2. The van der Waals surface area contributed by atoms with Crippen LogP contribution in [0.3, 0.4) is 0 Å². The summed E-state index contributed by atoms with van der Waals surface area (Å²) < 4.78 is 0. The molecule has 0 heterocycles. The van der Waals surface area contributed by atoms with Gasteiger partial charge in [-0.1, -0.05) is 73.4 Å². The molecule has 2 aliphatic rings. The average Bonchev–Trinajstić information content (AvgIpc) is 3.19. The SMILES string of the molecule is CC1C2=C(CCC[CH-]2)c2ccccc21.[CH2-]c1ccccc1.[CH2-]c1ccccc1.[CH2-]c1ccccc1.[Ti+4]. The van der Waals surface area contributed by atoms with Gasteiger partial charge in [0.25, 0.3) is 0 Å². The molecule has 1 unspecified atom stereocenters. The first kappa shape index (κ1) is 29.0. The van der Waals surface area contributed by atoms with E-state index in [9.17, 15) is 0 Å². The van der Waals surface area contributed by atoms with E-state index in [1.165, 1.54) is 30.4 Å². The van der Waals surface area contributed by atoms with Crippen molar-refractivity contribution >= 4 is 5.57 Å². The monoisotopic (exact) mass is 504 g/mol. The minimum absolute atomic E-state index is 0. The van der Waals surface area contributed by atoms with Crippen molar-refractivity contribution in [2.24, 2.45) is 0 Å².